The van der Waals surface area contributed by atoms with Crippen LogP contribution < -0.4 is 5.56 Å². The summed E-state index contributed by atoms with van der Waals surface area (Å²) >= 11 is 12.0. The second-order valence-corrected chi connectivity index (χ2v) is 8.21. The van der Waals surface area contributed by atoms with Crippen molar-refractivity contribution in [3.8, 4) is 0 Å². The Bertz CT molecular complexity index is 1100. The molecule has 0 atom stereocenters. The number of aromatic amines is 1. The number of hydrogen-bond acceptors (Lipinski definition) is 3. The Morgan fingerprint density at radius 1 is 1.04 bits per heavy atom. The lowest BCUT2D eigenvalue weighted by Crippen LogP contribution is -2.16. The number of aryl methyl sites for hydroxylation is 1. The third-order valence-corrected chi connectivity index (χ3v) is 6.05. The van der Waals surface area contributed by atoms with E-state index in [9.17, 15) is 13.2 Å². The van der Waals surface area contributed by atoms with Crippen LogP contribution in [-0.4, -0.2) is 13.4 Å². The fraction of sp³-hybridized carbons (Fsp3) is 0.118. The molecule has 0 aliphatic rings. The van der Waals surface area contributed by atoms with E-state index in [4.69, 9.17) is 23.2 Å². The van der Waals surface area contributed by atoms with E-state index >= 15 is 0 Å². The topological polar surface area (TPSA) is 67.0 Å². The molecule has 7 heteroatoms. The van der Waals surface area contributed by atoms with Crippen LogP contribution in [-0.2, 0) is 15.6 Å². The molecule has 0 aliphatic carbocycles. The SMILES string of the molecule is Cc1ccccc1CS(=O)(=O)c1[nH]c(=O)c(Cl)c2ccc(Cl)cc12. The summed E-state index contributed by atoms with van der Waals surface area (Å²) in [6, 6.07) is 11.8. The number of sulfone groups is 1. The molecule has 0 amide bonds. The van der Waals surface area contributed by atoms with E-state index in [1.165, 1.54) is 6.07 Å². The first-order chi connectivity index (χ1) is 11.3. The van der Waals surface area contributed by atoms with Crippen molar-refractivity contribution in [2.75, 3.05) is 0 Å². The highest BCUT2D eigenvalue weighted by Gasteiger charge is 2.22. The molecule has 1 heterocycles. The number of aromatic nitrogens is 1. The Hall–Kier alpha value is -1.82. The van der Waals surface area contributed by atoms with Gasteiger partial charge in [0.25, 0.3) is 5.56 Å². The maximum Gasteiger partial charge on any atom is 0.268 e. The van der Waals surface area contributed by atoms with Crippen molar-refractivity contribution in [2.45, 2.75) is 17.7 Å². The third-order valence-electron chi connectivity index (χ3n) is 3.81. The van der Waals surface area contributed by atoms with Crippen LogP contribution in [0.3, 0.4) is 0 Å². The van der Waals surface area contributed by atoms with E-state index in [1.54, 1.807) is 24.3 Å². The minimum Gasteiger partial charge on any atom is -0.311 e. The minimum absolute atomic E-state index is 0.0588. The smallest absolute Gasteiger partial charge is 0.268 e. The van der Waals surface area contributed by atoms with Gasteiger partial charge in [-0.25, -0.2) is 8.42 Å². The molecular weight excluding hydrogens is 369 g/mol. The monoisotopic (exact) mass is 381 g/mol. The second-order valence-electron chi connectivity index (χ2n) is 5.47. The molecule has 2 aromatic carbocycles. The molecule has 0 saturated heterocycles. The molecule has 4 nitrogen and oxygen atoms in total. The largest absolute Gasteiger partial charge is 0.311 e. The van der Waals surface area contributed by atoms with E-state index in [0.717, 1.165) is 5.56 Å². The number of pyridine rings is 1. The summed E-state index contributed by atoms with van der Waals surface area (Å²) in [6.45, 7) is 1.84. The lowest BCUT2D eigenvalue weighted by atomic mass is 10.1. The van der Waals surface area contributed by atoms with Crippen LogP contribution in [0.4, 0.5) is 0 Å². The molecule has 3 rings (SSSR count). The van der Waals surface area contributed by atoms with Crippen molar-refractivity contribution in [2.24, 2.45) is 0 Å². The quantitative estimate of drug-likeness (QED) is 0.741. The first kappa shape index (κ1) is 17.0. The fourth-order valence-corrected chi connectivity index (χ4v) is 4.55. The van der Waals surface area contributed by atoms with Crippen molar-refractivity contribution in [3.05, 3.63) is 74.0 Å². The van der Waals surface area contributed by atoms with E-state index in [2.05, 4.69) is 4.98 Å². The summed E-state index contributed by atoms with van der Waals surface area (Å²) in [6.07, 6.45) is 0. The standard InChI is InChI=1S/C17H13Cl2NO3S/c1-10-4-2-3-5-11(10)9-24(22,23)17-14-8-12(18)6-7-13(14)15(19)16(21)20-17/h2-8H,9H2,1H3,(H,20,21). The van der Waals surface area contributed by atoms with Crippen LogP contribution >= 0.6 is 23.2 Å². The fourth-order valence-electron chi connectivity index (χ4n) is 2.54. The first-order valence-electron chi connectivity index (χ1n) is 7.08. The molecule has 0 bridgehead atoms. The maximum atomic E-state index is 12.9. The molecular formula is C17H13Cl2NO3S. The maximum absolute atomic E-state index is 12.9. The van der Waals surface area contributed by atoms with Gasteiger partial charge >= 0.3 is 0 Å². The minimum atomic E-state index is -3.79. The number of benzene rings is 2. The zero-order chi connectivity index (χ0) is 17.5. The Morgan fingerprint density at radius 3 is 2.46 bits per heavy atom. The molecule has 0 unspecified atom stereocenters. The molecule has 124 valence electrons. The normalized spacial score (nSPS) is 11.8. The number of H-pyrrole nitrogens is 1. The Labute approximate surface area is 149 Å². The van der Waals surface area contributed by atoms with Gasteiger partial charge in [-0.05, 0) is 30.2 Å². The van der Waals surface area contributed by atoms with Crippen molar-refractivity contribution in [1.29, 1.82) is 0 Å². The molecule has 0 radical (unpaired) electrons. The summed E-state index contributed by atoms with van der Waals surface area (Å²) < 4.78 is 25.8. The summed E-state index contributed by atoms with van der Waals surface area (Å²) in [5.41, 5.74) is 0.887. The zero-order valence-corrected chi connectivity index (χ0v) is 15.0. The number of hydrogen-bond donors (Lipinski definition) is 1. The lowest BCUT2D eigenvalue weighted by Gasteiger charge is -2.11. The molecule has 24 heavy (non-hydrogen) atoms. The second kappa shape index (κ2) is 6.24. The highest BCUT2D eigenvalue weighted by molar-refractivity contribution is 7.90. The Morgan fingerprint density at radius 2 is 1.75 bits per heavy atom. The van der Waals surface area contributed by atoms with Gasteiger partial charge in [-0.1, -0.05) is 53.5 Å². The van der Waals surface area contributed by atoms with E-state index in [0.29, 0.717) is 21.4 Å². The van der Waals surface area contributed by atoms with Crippen LogP contribution in [0.1, 0.15) is 11.1 Å². The average molecular weight is 382 g/mol. The molecule has 0 spiro atoms. The van der Waals surface area contributed by atoms with Gasteiger partial charge in [0.2, 0.25) is 0 Å². The predicted molar refractivity (Wildman–Crippen MR) is 96.7 cm³/mol. The van der Waals surface area contributed by atoms with Crippen LogP contribution in [0, 0.1) is 6.92 Å². The number of halogens is 2. The van der Waals surface area contributed by atoms with Crippen molar-refractivity contribution >= 4 is 43.8 Å². The summed E-state index contributed by atoms with van der Waals surface area (Å²) in [4.78, 5) is 14.4. The Balaban J connectivity index is 2.25. The van der Waals surface area contributed by atoms with Gasteiger partial charge in [-0.15, -0.1) is 0 Å². The van der Waals surface area contributed by atoms with Crippen molar-refractivity contribution in [3.63, 3.8) is 0 Å². The van der Waals surface area contributed by atoms with Gasteiger partial charge in [-0.2, -0.15) is 0 Å². The summed E-state index contributed by atoms with van der Waals surface area (Å²) in [7, 11) is -3.79. The number of nitrogens with one attached hydrogen (secondary N) is 1. The molecule has 1 N–H and O–H groups in total. The van der Waals surface area contributed by atoms with E-state index in [-0.39, 0.29) is 15.8 Å². The van der Waals surface area contributed by atoms with E-state index in [1.807, 2.05) is 19.1 Å². The van der Waals surface area contributed by atoms with Crippen LogP contribution in [0.15, 0.2) is 52.3 Å². The van der Waals surface area contributed by atoms with Gasteiger partial charge in [0, 0.05) is 15.8 Å². The van der Waals surface area contributed by atoms with Crippen LogP contribution in [0.2, 0.25) is 10.0 Å². The van der Waals surface area contributed by atoms with Crippen LogP contribution in [0.5, 0.6) is 0 Å². The number of fused-ring (bicyclic) bond motifs is 1. The Kier molecular flexibility index (Phi) is 4.42. The summed E-state index contributed by atoms with van der Waals surface area (Å²) in [5.74, 6) is -0.223. The van der Waals surface area contributed by atoms with Gasteiger partial charge in [0.05, 0.1) is 5.75 Å². The van der Waals surface area contributed by atoms with Gasteiger partial charge in [0.15, 0.2) is 9.84 Å². The average Bonchev–Trinajstić information content (AvgIpc) is 2.52. The predicted octanol–water partition coefficient (Wildman–Crippen LogP) is 4.12. The van der Waals surface area contributed by atoms with Crippen molar-refractivity contribution < 1.29 is 8.42 Å². The van der Waals surface area contributed by atoms with Crippen LogP contribution in [0.25, 0.3) is 10.8 Å². The van der Waals surface area contributed by atoms with Gasteiger partial charge in [-0.3, -0.25) is 4.79 Å². The van der Waals surface area contributed by atoms with E-state index < -0.39 is 15.4 Å². The van der Waals surface area contributed by atoms with Gasteiger partial charge in [0.1, 0.15) is 10.0 Å². The van der Waals surface area contributed by atoms with Crippen molar-refractivity contribution in [1.82, 2.24) is 4.98 Å². The zero-order valence-electron chi connectivity index (χ0n) is 12.6. The molecule has 3 aromatic rings. The molecule has 0 fully saturated rings. The highest BCUT2D eigenvalue weighted by Crippen LogP contribution is 2.29. The molecule has 0 saturated carbocycles. The lowest BCUT2D eigenvalue weighted by molar-refractivity contribution is 0.592. The van der Waals surface area contributed by atoms with Gasteiger partial charge < -0.3 is 4.98 Å². The number of rotatable bonds is 3. The molecule has 0 aliphatic heterocycles. The molecule has 1 aromatic heterocycles. The third kappa shape index (κ3) is 3.07. The highest BCUT2D eigenvalue weighted by atomic mass is 35.5. The summed E-state index contributed by atoms with van der Waals surface area (Å²) in [5, 5.41) is 0.793. The first-order valence-corrected chi connectivity index (χ1v) is 9.49.